The summed E-state index contributed by atoms with van der Waals surface area (Å²) in [6, 6.07) is 15.6. The van der Waals surface area contributed by atoms with Gasteiger partial charge in [-0.1, -0.05) is 54.1 Å². The van der Waals surface area contributed by atoms with E-state index in [1.807, 2.05) is 53.9 Å². The fraction of sp³-hybridized carbons (Fsp3) is 0.200. The predicted octanol–water partition coefficient (Wildman–Crippen LogP) is 4.47. The van der Waals surface area contributed by atoms with Crippen LogP contribution in [0.5, 0.6) is 0 Å². The third-order valence-electron chi connectivity index (χ3n) is 3.79. The zero-order valence-electron chi connectivity index (χ0n) is 14.4. The molecule has 2 aromatic carbocycles. The van der Waals surface area contributed by atoms with Gasteiger partial charge in [-0.15, -0.1) is 11.3 Å². The van der Waals surface area contributed by atoms with Gasteiger partial charge in [-0.2, -0.15) is 0 Å². The summed E-state index contributed by atoms with van der Waals surface area (Å²) in [7, 11) is 1.67. The SMILES string of the molecule is COCc1cccc(CNC(=O)Cc2csc(-c3ccccc3Cl)n2)c1. The number of halogens is 1. The van der Waals surface area contributed by atoms with Crippen molar-refractivity contribution in [2.75, 3.05) is 7.11 Å². The number of nitrogens with zero attached hydrogens (tertiary/aromatic N) is 1. The summed E-state index contributed by atoms with van der Waals surface area (Å²) in [4.78, 5) is 16.7. The summed E-state index contributed by atoms with van der Waals surface area (Å²) in [6.07, 6.45) is 0.249. The van der Waals surface area contributed by atoms with Gasteiger partial charge in [0.1, 0.15) is 5.01 Å². The Bertz CT molecular complexity index is 895. The summed E-state index contributed by atoms with van der Waals surface area (Å²) >= 11 is 7.70. The first-order valence-corrected chi connectivity index (χ1v) is 9.44. The minimum atomic E-state index is -0.0573. The van der Waals surface area contributed by atoms with Crippen LogP contribution < -0.4 is 5.32 Å². The molecule has 0 saturated carbocycles. The highest BCUT2D eigenvalue weighted by Gasteiger charge is 2.11. The highest BCUT2D eigenvalue weighted by Crippen LogP contribution is 2.30. The van der Waals surface area contributed by atoms with Crippen LogP contribution >= 0.6 is 22.9 Å². The lowest BCUT2D eigenvalue weighted by Gasteiger charge is -2.06. The molecule has 3 aromatic rings. The molecule has 1 N–H and O–H groups in total. The molecule has 0 fully saturated rings. The van der Waals surface area contributed by atoms with Crippen molar-refractivity contribution in [2.24, 2.45) is 0 Å². The fourth-order valence-corrected chi connectivity index (χ4v) is 3.71. The molecule has 26 heavy (non-hydrogen) atoms. The summed E-state index contributed by atoms with van der Waals surface area (Å²) in [5.74, 6) is -0.0573. The van der Waals surface area contributed by atoms with E-state index in [4.69, 9.17) is 16.3 Å². The van der Waals surface area contributed by atoms with Gasteiger partial charge in [0.2, 0.25) is 5.91 Å². The Morgan fingerprint density at radius 3 is 2.81 bits per heavy atom. The molecule has 0 aliphatic rings. The summed E-state index contributed by atoms with van der Waals surface area (Å²) < 4.78 is 5.13. The maximum Gasteiger partial charge on any atom is 0.226 e. The lowest BCUT2D eigenvalue weighted by atomic mass is 10.1. The highest BCUT2D eigenvalue weighted by atomic mass is 35.5. The highest BCUT2D eigenvalue weighted by molar-refractivity contribution is 7.13. The van der Waals surface area contributed by atoms with Crippen molar-refractivity contribution in [1.82, 2.24) is 10.3 Å². The second kappa shape index (κ2) is 8.94. The number of carbonyl (C=O) groups is 1. The van der Waals surface area contributed by atoms with E-state index in [0.29, 0.717) is 18.2 Å². The second-order valence-corrected chi connectivity index (χ2v) is 7.10. The number of thiazole rings is 1. The molecule has 0 spiro atoms. The molecule has 4 nitrogen and oxygen atoms in total. The van der Waals surface area contributed by atoms with E-state index >= 15 is 0 Å². The van der Waals surface area contributed by atoms with E-state index in [2.05, 4.69) is 10.3 Å². The molecule has 1 heterocycles. The van der Waals surface area contributed by atoms with Crippen LogP contribution in [0.1, 0.15) is 16.8 Å². The van der Waals surface area contributed by atoms with Crippen LogP contribution in [0, 0.1) is 0 Å². The van der Waals surface area contributed by atoms with Gasteiger partial charge in [0.15, 0.2) is 0 Å². The first-order chi connectivity index (χ1) is 12.7. The number of aromatic nitrogens is 1. The number of hydrogen-bond acceptors (Lipinski definition) is 4. The van der Waals surface area contributed by atoms with E-state index in [1.54, 1.807) is 7.11 Å². The smallest absolute Gasteiger partial charge is 0.226 e. The molecule has 0 aliphatic heterocycles. The van der Waals surface area contributed by atoms with Crippen molar-refractivity contribution in [3.8, 4) is 10.6 Å². The van der Waals surface area contributed by atoms with Crippen molar-refractivity contribution in [3.63, 3.8) is 0 Å². The van der Waals surface area contributed by atoms with E-state index in [9.17, 15) is 4.79 Å². The number of carbonyl (C=O) groups excluding carboxylic acids is 1. The second-order valence-electron chi connectivity index (χ2n) is 5.83. The first kappa shape index (κ1) is 18.6. The molecule has 1 aromatic heterocycles. The molecule has 0 unspecified atom stereocenters. The number of nitrogens with one attached hydrogen (secondary N) is 1. The monoisotopic (exact) mass is 386 g/mol. The van der Waals surface area contributed by atoms with Crippen LogP contribution in [0.4, 0.5) is 0 Å². The molecule has 1 amide bonds. The van der Waals surface area contributed by atoms with Gasteiger partial charge in [0.25, 0.3) is 0 Å². The molecule has 3 rings (SSSR count). The van der Waals surface area contributed by atoms with Crippen molar-refractivity contribution in [2.45, 2.75) is 19.6 Å². The summed E-state index contributed by atoms with van der Waals surface area (Å²) in [6.45, 7) is 1.04. The van der Waals surface area contributed by atoms with Crippen molar-refractivity contribution >= 4 is 28.8 Å². The van der Waals surface area contributed by atoms with Crippen LogP contribution in [0.3, 0.4) is 0 Å². The quantitative estimate of drug-likeness (QED) is 0.651. The fourth-order valence-electron chi connectivity index (χ4n) is 2.57. The lowest BCUT2D eigenvalue weighted by molar-refractivity contribution is -0.120. The van der Waals surface area contributed by atoms with Gasteiger partial charge in [-0.05, 0) is 17.2 Å². The Balaban J connectivity index is 1.57. The minimum Gasteiger partial charge on any atom is -0.380 e. The summed E-state index contributed by atoms with van der Waals surface area (Å²) in [5, 5.41) is 6.32. The normalized spacial score (nSPS) is 10.7. The third-order valence-corrected chi connectivity index (χ3v) is 5.04. The van der Waals surface area contributed by atoms with Crippen LogP contribution in [0.15, 0.2) is 53.9 Å². The minimum absolute atomic E-state index is 0.0573. The maximum absolute atomic E-state index is 12.2. The largest absolute Gasteiger partial charge is 0.380 e. The zero-order chi connectivity index (χ0) is 18.4. The summed E-state index contributed by atoms with van der Waals surface area (Å²) in [5.41, 5.74) is 3.77. The van der Waals surface area contributed by atoms with Crippen molar-refractivity contribution in [1.29, 1.82) is 0 Å². The Morgan fingerprint density at radius 2 is 2.00 bits per heavy atom. The number of rotatable bonds is 7. The molecule has 0 bridgehead atoms. The van der Waals surface area contributed by atoms with Gasteiger partial charge in [-0.3, -0.25) is 4.79 Å². The van der Waals surface area contributed by atoms with E-state index in [1.165, 1.54) is 11.3 Å². The predicted molar refractivity (Wildman–Crippen MR) is 105 cm³/mol. The Kier molecular flexibility index (Phi) is 6.39. The topological polar surface area (TPSA) is 51.2 Å². The average Bonchev–Trinajstić information content (AvgIpc) is 3.09. The first-order valence-electron chi connectivity index (χ1n) is 8.18. The van der Waals surface area contributed by atoms with Crippen LogP contribution in [-0.2, 0) is 29.1 Å². The maximum atomic E-state index is 12.2. The van der Waals surface area contributed by atoms with Crippen LogP contribution in [0.25, 0.3) is 10.6 Å². The zero-order valence-corrected chi connectivity index (χ0v) is 15.9. The Morgan fingerprint density at radius 1 is 1.19 bits per heavy atom. The van der Waals surface area contributed by atoms with Gasteiger partial charge in [0, 0.05) is 24.6 Å². The number of benzene rings is 2. The van der Waals surface area contributed by atoms with E-state index in [-0.39, 0.29) is 12.3 Å². The van der Waals surface area contributed by atoms with Crippen LogP contribution in [0.2, 0.25) is 5.02 Å². The molecule has 134 valence electrons. The third kappa shape index (κ3) is 4.91. The van der Waals surface area contributed by atoms with Gasteiger partial charge < -0.3 is 10.1 Å². The molecule has 0 radical (unpaired) electrons. The molecule has 0 atom stereocenters. The molecule has 0 aliphatic carbocycles. The average molecular weight is 387 g/mol. The van der Waals surface area contributed by atoms with E-state index in [0.717, 1.165) is 27.4 Å². The van der Waals surface area contributed by atoms with Crippen molar-refractivity contribution < 1.29 is 9.53 Å². The standard InChI is InChI=1S/C20H19ClN2O2S/c1-25-12-15-6-4-5-14(9-15)11-22-19(24)10-16-13-26-20(23-16)17-7-2-3-8-18(17)21/h2-9,13H,10-12H2,1H3,(H,22,24). The Hall–Kier alpha value is -2.21. The van der Waals surface area contributed by atoms with Crippen molar-refractivity contribution in [3.05, 3.63) is 75.8 Å². The van der Waals surface area contributed by atoms with Gasteiger partial charge >= 0.3 is 0 Å². The molecular weight excluding hydrogens is 368 g/mol. The number of ether oxygens (including phenoxy) is 1. The molecule has 0 saturated heterocycles. The van der Waals surface area contributed by atoms with Gasteiger partial charge in [-0.25, -0.2) is 4.98 Å². The number of amides is 1. The number of methoxy groups -OCH3 is 1. The van der Waals surface area contributed by atoms with Crippen LogP contribution in [-0.4, -0.2) is 18.0 Å². The Labute approximate surface area is 161 Å². The van der Waals surface area contributed by atoms with E-state index < -0.39 is 0 Å². The lowest BCUT2D eigenvalue weighted by Crippen LogP contribution is -2.24. The van der Waals surface area contributed by atoms with Gasteiger partial charge in [0.05, 0.1) is 23.7 Å². The molecular formula is C20H19ClN2O2S. The number of hydrogen-bond donors (Lipinski definition) is 1. The molecule has 6 heteroatoms.